The molecule has 2 rings (SSSR count). The first kappa shape index (κ1) is 21.8. The van der Waals surface area contributed by atoms with Crippen LogP contribution in [0.5, 0.6) is 5.75 Å². The quantitative estimate of drug-likeness (QED) is 0.720. The Bertz CT molecular complexity index is 840. The Morgan fingerprint density at radius 1 is 1.11 bits per heavy atom. The molecule has 28 heavy (non-hydrogen) atoms. The van der Waals surface area contributed by atoms with Crippen LogP contribution in [0.25, 0.3) is 0 Å². The SMILES string of the molecule is CCN(CC)C(=O)c1ccccc1NC(=O)C(C)Oc1cc(C)c(Cl)c(C)c1. The Kier molecular flexibility index (Phi) is 7.46. The maximum Gasteiger partial charge on any atom is 0.265 e. The maximum absolute atomic E-state index is 12.7. The fraction of sp³-hybridized carbons (Fsp3) is 0.364. The zero-order chi connectivity index (χ0) is 20.8. The van der Waals surface area contributed by atoms with Crippen LogP contribution in [0.2, 0.25) is 5.02 Å². The highest BCUT2D eigenvalue weighted by Gasteiger charge is 2.21. The van der Waals surface area contributed by atoms with Gasteiger partial charge in [-0.1, -0.05) is 23.7 Å². The molecule has 0 saturated carbocycles. The molecule has 0 aliphatic heterocycles. The molecule has 0 aliphatic carbocycles. The van der Waals surface area contributed by atoms with Crippen molar-refractivity contribution >= 4 is 29.1 Å². The van der Waals surface area contributed by atoms with Crippen LogP contribution in [0.15, 0.2) is 36.4 Å². The number of carbonyl (C=O) groups is 2. The Morgan fingerprint density at radius 3 is 2.25 bits per heavy atom. The Morgan fingerprint density at radius 2 is 1.68 bits per heavy atom. The van der Waals surface area contributed by atoms with Crippen molar-refractivity contribution in [3.05, 3.63) is 58.1 Å². The lowest BCUT2D eigenvalue weighted by molar-refractivity contribution is -0.122. The summed E-state index contributed by atoms with van der Waals surface area (Å²) in [7, 11) is 0. The maximum atomic E-state index is 12.7. The van der Waals surface area contributed by atoms with Crippen molar-refractivity contribution < 1.29 is 14.3 Å². The van der Waals surface area contributed by atoms with Crippen LogP contribution < -0.4 is 10.1 Å². The third-order valence-electron chi connectivity index (χ3n) is 4.56. The molecule has 2 amide bonds. The Balaban J connectivity index is 2.16. The van der Waals surface area contributed by atoms with Gasteiger partial charge < -0.3 is 15.0 Å². The number of anilines is 1. The van der Waals surface area contributed by atoms with E-state index in [0.29, 0.717) is 35.1 Å². The lowest BCUT2D eigenvalue weighted by atomic mass is 10.1. The van der Waals surface area contributed by atoms with Crippen molar-refractivity contribution in [2.45, 2.75) is 40.7 Å². The van der Waals surface area contributed by atoms with E-state index in [1.54, 1.807) is 48.2 Å². The highest BCUT2D eigenvalue weighted by Crippen LogP contribution is 2.26. The van der Waals surface area contributed by atoms with Crippen LogP contribution in [-0.2, 0) is 4.79 Å². The summed E-state index contributed by atoms with van der Waals surface area (Å²) in [5, 5.41) is 3.51. The number of amides is 2. The molecular weight excluding hydrogens is 376 g/mol. The van der Waals surface area contributed by atoms with Crippen LogP contribution >= 0.6 is 11.6 Å². The number of nitrogens with zero attached hydrogens (tertiary/aromatic N) is 1. The van der Waals surface area contributed by atoms with E-state index in [1.807, 2.05) is 27.7 Å². The number of hydrogen-bond donors (Lipinski definition) is 1. The minimum absolute atomic E-state index is 0.113. The summed E-state index contributed by atoms with van der Waals surface area (Å²) >= 11 is 6.18. The van der Waals surface area contributed by atoms with E-state index < -0.39 is 6.10 Å². The number of nitrogens with one attached hydrogen (secondary N) is 1. The van der Waals surface area contributed by atoms with E-state index in [-0.39, 0.29) is 11.8 Å². The predicted octanol–water partition coefficient (Wildman–Crippen LogP) is 4.84. The summed E-state index contributed by atoms with van der Waals surface area (Å²) < 4.78 is 5.79. The van der Waals surface area contributed by atoms with E-state index in [1.165, 1.54) is 0 Å². The molecule has 0 aromatic heterocycles. The van der Waals surface area contributed by atoms with Gasteiger partial charge in [0.05, 0.1) is 11.3 Å². The molecule has 0 heterocycles. The zero-order valence-electron chi connectivity index (χ0n) is 17.0. The first-order chi connectivity index (χ1) is 13.3. The average molecular weight is 403 g/mol. The molecule has 0 spiro atoms. The van der Waals surface area contributed by atoms with Gasteiger partial charge in [-0.15, -0.1) is 0 Å². The second kappa shape index (κ2) is 9.60. The average Bonchev–Trinajstić information content (AvgIpc) is 2.67. The van der Waals surface area contributed by atoms with E-state index in [2.05, 4.69) is 5.32 Å². The summed E-state index contributed by atoms with van der Waals surface area (Å²) in [6, 6.07) is 10.6. The Hall–Kier alpha value is -2.53. The van der Waals surface area contributed by atoms with Crippen LogP contribution in [0.4, 0.5) is 5.69 Å². The van der Waals surface area contributed by atoms with E-state index in [4.69, 9.17) is 16.3 Å². The topological polar surface area (TPSA) is 58.6 Å². The van der Waals surface area contributed by atoms with Gasteiger partial charge in [-0.3, -0.25) is 9.59 Å². The van der Waals surface area contributed by atoms with Gasteiger partial charge in [0.25, 0.3) is 11.8 Å². The number of carbonyl (C=O) groups excluding carboxylic acids is 2. The fourth-order valence-electron chi connectivity index (χ4n) is 2.93. The number of aryl methyl sites for hydroxylation is 2. The molecule has 2 aromatic carbocycles. The highest BCUT2D eigenvalue weighted by molar-refractivity contribution is 6.32. The molecule has 0 saturated heterocycles. The minimum atomic E-state index is -0.739. The minimum Gasteiger partial charge on any atom is -0.481 e. The van der Waals surface area contributed by atoms with Gasteiger partial charge in [0.1, 0.15) is 5.75 Å². The number of rotatable bonds is 7. The number of benzene rings is 2. The first-order valence-electron chi connectivity index (χ1n) is 9.41. The van der Waals surface area contributed by atoms with Crippen molar-refractivity contribution in [2.75, 3.05) is 18.4 Å². The van der Waals surface area contributed by atoms with Crippen LogP contribution in [0.3, 0.4) is 0 Å². The second-order valence-electron chi connectivity index (χ2n) is 6.64. The van der Waals surface area contributed by atoms with Gasteiger partial charge in [-0.05, 0) is 70.0 Å². The van der Waals surface area contributed by atoms with Crippen molar-refractivity contribution in [1.82, 2.24) is 4.90 Å². The molecular formula is C22H27ClN2O3. The molecule has 0 radical (unpaired) electrons. The monoisotopic (exact) mass is 402 g/mol. The van der Waals surface area contributed by atoms with Gasteiger partial charge in [0, 0.05) is 18.1 Å². The van der Waals surface area contributed by atoms with Crippen molar-refractivity contribution in [3.63, 3.8) is 0 Å². The van der Waals surface area contributed by atoms with Crippen molar-refractivity contribution in [1.29, 1.82) is 0 Å². The van der Waals surface area contributed by atoms with Crippen LogP contribution in [0.1, 0.15) is 42.3 Å². The van der Waals surface area contributed by atoms with Gasteiger partial charge in [0.15, 0.2) is 6.10 Å². The number of hydrogen-bond acceptors (Lipinski definition) is 3. The van der Waals surface area contributed by atoms with E-state index in [0.717, 1.165) is 11.1 Å². The predicted molar refractivity (Wildman–Crippen MR) is 113 cm³/mol. The molecule has 1 unspecified atom stereocenters. The normalized spacial score (nSPS) is 11.6. The fourth-order valence-corrected chi connectivity index (χ4v) is 3.04. The van der Waals surface area contributed by atoms with Crippen LogP contribution in [-0.4, -0.2) is 35.9 Å². The standard InChI is InChI=1S/C22H27ClN2O3/c1-6-25(7-2)22(27)18-10-8-9-11-19(18)24-21(26)16(5)28-17-12-14(3)20(23)15(4)13-17/h8-13,16H,6-7H2,1-5H3,(H,24,26). The number of ether oxygens (including phenoxy) is 1. The molecule has 5 nitrogen and oxygen atoms in total. The first-order valence-corrected chi connectivity index (χ1v) is 9.78. The summed E-state index contributed by atoms with van der Waals surface area (Å²) in [6.07, 6.45) is -0.739. The number of halogens is 1. The molecule has 6 heteroatoms. The lowest BCUT2D eigenvalue weighted by Crippen LogP contribution is -2.33. The van der Waals surface area contributed by atoms with Crippen molar-refractivity contribution in [2.24, 2.45) is 0 Å². The van der Waals surface area contributed by atoms with Gasteiger partial charge in [-0.25, -0.2) is 0 Å². The Labute approximate surface area is 171 Å². The summed E-state index contributed by atoms with van der Waals surface area (Å²) in [5.74, 6) is 0.137. The molecule has 0 fully saturated rings. The summed E-state index contributed by atoms with van der Waals surface area (Å²) in [4.78, 5) is 27.1. The van der Waals surface area contributed by atoms with E-state index >= 15 is 0 Å². The van der Waals surface area contributed by atoms with Crippen LogP contribution in [0, 0.1) is 13.8 Å². The zero-order valence-corrected chi connectivity index (χ0v) is 17.8. The van der Waals surface area contributed by atoms with Gasteiger partial charge in [-0.2, -0.15) is 0 Å². The van der Waals surface area contributed by atoms with Crippen molar-refractivity contribution in [3.8, 4) is 5.75 Å². The molecule has 1 atom stereocenters. The summed E-state index contributed by atoms with van der Waals surface area (Å²) in [6.45, 7) is 10.5. The third kappa shape index (κ3) is 5.04. The molecule has 2 aromatic rings. The van der Waals surface area contributed by atoms with Gasteiger partial charge >= 0.3 is 0 Å². The van der Waals surface area contributed by atoms with E-state index in [9.17, 15) is 9.59 Å². The molecule has 0 bridgehead atoms. The molecule has 0 aliphatic rings. The second-order valence-corrected chi connectivity index (χ2v) is 7.02. The smallest absolute Gasteiger partial charge is 0.265 e. The third-order valence-corrected chi connectivity index (χ3v) is 5.15. The number of para-hydroxylation sites is 1. The highest BCUT2D eigenvalue weighted by atomic mass is 35.5. The summed E-state index contributed by atoms with van der Waals surface area (Å²) in [5.41, 5.74) is 2.71. The molecule has 150 valence electrons. The van der Waals surface area contributed by atoms with Gasteiger partial charge in [0.2, 0.25) is 0 Å². The largest absolute Gasteiger partial charge is 0.481 e. The lowest BCUT2D eigenvalue weighted by Gasteiger charge is -2.21. The molecule has 1 N–H and O–H groups in total.